The van der Waals surface area contributed by atoms with Crippen molar-refractivity contribution in [1.82, 2.24) is 0 Å². The molecular formula is C30H28N4O7S. The van der Waals surface area contributed by atoms with E-state index in [2.05, 4.69) is 5.10 Å². The van der Waals surface area contributed by atoms with Crippen molar-refractivity contribution in [1.29, 1.82) is 0 Å². The lowest BCUT2D eigenvalue weighted by molar-refractivity contribution is -0.384. The highest BCUT2D eigenvalue weighted by atomic mass is 32.2. The normalized spacial score (nSPS) is 18.0. The molecule has 2 aliphatic heterocycles. The number of carbonyl (C=O) groups is 1. The van der Waals surface area contributed by atoms with Gasteiger partial charge in [0.1, 0.15) is 12.4 Å². The van der Waals surface area contributed by atoms with Crippen molar-refractivity contribution in [2.75, 3.05) is 23.1 Å². The summed E-state index contributed by atoms with van der Waals surface area (Å²) in [4.78, 5) is 26.2. The summed E-state index contributed by atoms with van der Waals surface area (Å²) in [6.45, 7) is 6.43. The van der Waals surface area contributed by atoms with Gasteiger partial charge in [0.05, 0.1) is 33.3 Å². The van der Waals surface area contributed by atoms with Gasteiger partial charge in [-0.3, -0.25) is 19.5 Å². The molecule has 0 fully saturated rings. The maximum Gasteiger partial charge on any atom is 0.294 e. The highest BCUT2D eigenvalue weighted by Crippen LogP contribution is 2.48. The largest absolute Gasteiger partial charge is 0.492 e. The van der Waals surface area contributed by atoms with Gasteiger partial charge in [-0.25, -0.2) is 0 Å². The van der Waals surface area contributed by atoms with Crippen LogP contribution in [0.2, 0.25) is 0 Å². The average molecular weight is 589 g/mol. The highest BCUT2D eigenvalue weighted by Gasteiger charge is 2.41. The SMILES string of the molecule is CC1=NN(c2ccc(S(=O)(=O)O)cc2)C(=O)/C1=C/C=C1/N(CCOc2ccccc2)c2ccc([N+](=O)[O-])cc2C1(C)C. The molecule has 1 amide bonds. The zero-order valence-corrected chi connectivity index (χ0v) is 23.9. The minimum absolute atomic E-state index is 0.00785. The fourth-order valence-corrected chi connectivity index (χ4v) is 5.58. The molecule has 0 spiro atoms. The van der Waals surface area contributed by atoms with Crippen molar-refractivity contribution in [2.24, 2.45) is 5.10 Å². The van der Waals surface area contributed by atoms with Crippen LogP contribution in [0.25, 0.3) is 0 Å². The number of nitrogens with zero attached hydrogens (tertiary/aromatic N) is 4. The molecule has 0 atom stereocenters. The van der Waals surface area contributed by atoms with Gasteiger partial charge < -0.3 is 9.64 Å². The van der Waals surface area contributed by atoms with Crippen LogP contribution in [-0.2, 0) is 20.3 Å². The van der Waals surface area contributed by atoms with E-state index in [1.165, 1.54) is 30.3 Å². The Kier molecular flexibility index (Phi) is 7.43. The summed E-state index contributed by atoms with van der Waals surface area (Å²) in [7, 11) is -4.37. The van der Waals surface area contributed by atoms with Crippen molar-refractivity contribution in [3.05, 3.63) is 112 Å². The number of hydrogen-bond donors (Lipinski definition) is 1. The van der Waals surface area contributed by atoms with Gasteiger partial charge in [0, 0.05) is 28.9 Å². The Morgan fingerprint density at radius 2 is 1.74 bits per heavy atom. The minimum atomic E-state index is -4.37. The lowest BCUT2D eigenvalue weighted by Gasteiger charge is -2.27. The first-order chi connectivity index (χ1) is 19.9. The number of nitro benzene ring substituents is 1. The Morgan fingerprint density at radius 1 is 1.05 bits per heavy atom. The molecule has 0 saturated carbocycles. The van der Waals surface area contributed by atoms with E-state index in [0.29, 0.717) is 30.1 Å². The summed E-state index contributed by atoms with van der Waals surface area (Å²) >= 11 is 0. The van der Waals surface area contributed by atoms with Gasteiger partial charge in [0.15, 0.2) is 0 Å². The number of nitro groups is 1. The second-order valence-corrected chi connectivity index (χ2v) is 11.7. The molecule has 2 heterocycles. The van der Waals surface area contributed by atoms with Crippen LogP contribution in [0.5, 0.6) is 5.75 Å². The predicted molar refractivity (Wildman–Crippen MR) is 158 cm³/mol. The molecular weight excluding hydrogens is 560 g/mol. The molecule has 0 aromatic heterocycles. The van der Waals surface area contributed by atoms with Crippen molar-refractivity contribution < 1.29 is 27.4 Å². The fourth-order valence-electron chi connectivity index (χ4n) is 5.10. The number of anilines is 2. The van der Waals surface area contributed by atoms with Crippen molar-refractivity contribution >= 4 is 38.8 Å². The summed E-state index contributed by atoms with van der Waals surface area (Å²) < 4.78 is 37.9. The van der Waals surface area contributed by atoms with Gasteiger partial charge in [-0.2, -0.15) is 18.5 Å². The summed E-state index contributed by atoms with van der Waals surface area (Å²) in [6, 6.07) is 19.3. The van der Waals surface area contributed by atoms with E-state index in [9.17, 15) is 27.9 Å². The Labute approximate surface area is 242 Å². The van der Waals surface area contributed by atoms with Gasteiger partial charge in [0.25, 0.3) is 21.7 Å². The van der Waals surface area contributed by atoms with Crippen LogP contribution >= 0.6 is 0 Å². The van der Waals surface area contributed by atoms with E-state index < -0.39 is 26.4 Å². The molecule has 216 valence electrons. The molecule has 0 saturated heterocycles. The third kappa shape index (κ3) is 5.41. The third-order valence-electron chi connectivity index (χ3n) is 7.26. The predicted octanol–water partition coefficient (Wildman–Crippen LogP) is 5.25. The second-order valence-electron chi connectivity index (χ2n) is 10.3. The van der Waals surface area contributed by atoms with Gasteiger partial charge in [-0.05, 0) is 67.1 Å². The smallest absolute Gasteiger partial charge is 0.294 e. The Bertz CT molecular complexity index is 1760. The number of non-ortho nitro benzene ring substituents is 1. The van der Waals surface area contributed by atoms with Crippen LogP contribution in [-0.4, -0.2) is 42.7 Å². The molecule has 0 bridgehead atoms. The molecule has 0 radical (unpaired) electrons. The lowest BCUT2D eigenvalue weighted by atomic mass is 9.83. The monoisotopic (exact) mass is 588 g/mol. The number of rotatable bonds is 8. The average Bonchev–Trinajstić information content (AvgIpc) is 3.35. The number of hydrogen-bond acceptors (Lipinski definition) is 8. The van der Waals surface area contributed by atoms with Crippen molar-refractivity contribution in [3.63, 3.8) is 0 Å². The molecule has 42 heavy (non-hydrogen) atoms. The van der Waals surface area contributed by atoms with E-state index >= 15 is 0 Å². The maximum atomic E-state index is 13.4. The molecule has 11 nitrogen and oxygen atoms in total. The van der Waals surface area contributed by atoms with Crippen molar-refractivity contribution in [2.45, 2.75) is 31.1 Å². The molecule has 3 aromatic carbocycles. The number of amides is 1. The lowest BCUT2D eigenvalue weighted by Crippen LogP contribution is -2.30. The van der Waals surface area contributed by atoms with Crippen LogP contribution in [0.1, 0.15) is 26.3 Å². The number of fused-ring (bicyclic) bond motifs is 1. The van der Waals surface area contributed by atoms with E-state index in [4.69, 9.17) is 4.74 Å². The number of para-hydroxylation sites is 1. The van der Waals surface area contributed by atoms with Crippen LogP contribution < -0.4 is 14.6 Å². The first-order valence-electron chi connectivity index (χ1n) is 13.0. The molecule has 2 aliphatic rings. The molecule has 0 unspecified atom stereocenters. The minimum Gasteiger partial charge on any atom is -0.492 e. The van der Waals surface area contributed by atoms with Gasteiger partial charge in [-0.15, -0.1) is 0 Å². The fraction of sp³-hybridized carbons (Fsp3) is 0.200. The first kappa shape index (κ1) is 28.7. The summed E-state index contributed by atoms with van der Waals surface area (Å²) in [5.41, 5.74) is 2.90. The number of benzene rings is 3. The van der Waals surface area contributed by atoms with Gasteiger partial charge in [-0.1, -0.05) is 32.0 Å². The maximum absolute atomic E-state index is 13.4. The Hall–Kier alpha value is -4.81. The molecule has 12 heteroatoms. The van der Waals surface area contributed by atoms with Crippen molar-refractivity contribution in [3.8, 4) is 5.75 Å². The van der Waals surface area contributed by atoms with E-state index in [1.807, 2.05) is 55.2 Å². The third-order valence-corrected chi connectivity index (χ3v) is 8.13. The highest BCUT2D eigenvalue weighted by molar-refractivity contribution is 7.85. The van der Waals surface area contributed by atoms with Crippen LogP contribution in [0, 0.1) is 10.1 Å². The Morgan fingerprint density at radius 3 is 2.38 bits per heavy atom. The zero-order valence-electron chi connectivity index (χ0n) is 23.1. The topological polar surface area (TPSA) is 143 Å². The molecule has 0 aliphatic carbocycles. The van der Waals surface area contributed by atoms with Crippen LogP contribution in [0.4, 0.5) is 17.1 Å². The van der Waals surface area contributed by atoms with Crippen LogP contribution in [0.3, 0.4) is 0 Å². The van der Waals surface area contributed by atoms with E-state index in [1.54, 1.807) is 25.1 Å². The summed E-state index contributed by atoms with van der Waals surface area (Å²) in [5, 5.41) is 17.1. The number of hydrazone groups is 1. The number of allylic oxidation sites excluding steroid dienone is 3. The summed E-state index contributed by atoms with van der Waals surface area (Å²) in [5.74, 6) is 0.313. The standard InChI is InChI=1S/C30H28N4O7S/c1-20-25(29(35)33(31-20)21-9-12-24(13-10-21)42(38,39)40)14-16-28-30(2,3)26-19-22(34(36)37)11-15-27(26)32(28)17-18-41-23-7-5-4-6-8-23/h4-16,19H,17-18H2,1-3H3,(H,38,39,40)/b25-14+,28-16+. The Balaban J connectivity index is 1.47. The van der Waals surface area contributed by atoms with Gasteiger partial charge >= 0.3 is 0 Å². The first-order valence-corrected chi connectivity index (χ1v) is 14.5. The second kappa shape index (κ2) is 10.9. The molecule has 1 N–H and O–H groups in total. The van der Waals surface area contributed by atoms with E-state index in [-0.39, 0.29) is 10.6 Å². The molecule has 5 rings (SSSR count). The molecule has 3 aromatic rings. The zero-order chi connectivity index (χ0) is 30.2. The van der Waals surface area contributed by atoms with E-state index in [0.717, 1.165) is 27.7 Å². The number of ether oxygens (including phenoxy) is 1. The van der Waals surface area contributed by atoms with Gasteiger partial charge in [0.2, 0.25) is 0 Å². The summed E-state index contributed by atoms with van der Waals surface area (Å²) in [6.07, 6.45) is 3.50. The quantitative estimate of drug-likeness (QED) is 0.163. The van der Waals surface area contributed by atoms with Crippen LogP contribution in [0.15, 0.2) is 106 Å². The number of carbonyl (C=O) groups excluding carboxylic acids is 1.